The van der Waals surface area contributed by atoms with Crippen LogP contribution in [0.25, 0.3) is 11.5 Å². The van der Waals surface area contributed by atoms with E-state index in [9.17, 15) is 0 Å². The number of aromatic nitrogens is 3. The van der Waals surface area contributed by atoms with E-state index in [0.29, 0.717) is 6.54 Å². The molecule has 0 aliphatic carbocycles. The first-order valence-electron chi connectivity index (χ1n) is 6.60. The number of nitrogen functional groups attached to an aromatic ring is 1. The lowest BCUT2D eigenvalue weighted by molar-refractivity contribution is 0.802. The van der Waals surface area contributed by atoms with Crippen LogP contribution in [-0.4, -0.2) is 20.4 Å². The van der Waals surface area contributed by atoms with Gasteiger partial charge in [-0.15, -0.1) is 0 Å². The molecular weight excluding hydrogens is 262 g/mol. The van der Waals surface area contributed by atoms with Crippen molar-refractivity contribution in [3.63, 3.8) is 0 Å². The molecule has 0 amide bonds. The van der Waals surface area contributed by atoms with E-state index in [-0.39, 0.29) is 5.84 Å². The van der Waals surface area contributed by atoms with Crippen LogP contribution >= 0.6 is 0 Å². The molecule has 5 heteroatoms. The lowest BCUT2D eigenvalue weighted by Crippen LogP contribution is -2.15. The third kappa shape index (κ3) is 2.67. The molecule has 2 heterocycles. The smallest absolute Gasteiger partial charge is 0.158 e. The second kappa shape index (κ2) is 5.58. The van der Waals surface area contributed by atoms with Gasteiger partial charge in [-0.05, 0) is 17.7 Å². The number of pyridine rings is 1. The second-order valence-corrected chi connectivity index (χ2v) is 4.66. The molecule has 0 bridgehead atoms. The van der Waals surface area contributed by atoms with Crippen LogP contribution in [0.15, 0.2) is 61.1 Å². The standard InChI is InChI=1S/C16H15N5/c17-15(18)13-6-2-1-5-12(13)11-21-10-9-20-16(21)14-7-3-4-8-19-14/h1-10H,11H2,(H3,17,18). The van der Waals surface area contributed by atoms with Crippen LogP contribution < -0.4 is 5.73 Å². The van der Waals surface area contributed by atoms with Crippen molar-refractivity contribution < 1.29 is 0 Å². The molecule has 21 heavy (non-hydrogen) atoms. The highest BCUT2D eigenvalue weighted by Crippen LogP contribution is 2.17. The number of hydrogen-bond acceptors (Lipinski definition) is 3. The van der Waals surface area contributed by atoms with Crippen molar-refractivity contribution in [2.24, 2.45) is 5.73 Å². The Bertz CT molecular complexity index is 761. The predicted octanol–water partition coefficient (Wildman–Crippen LogP) is 2.28. The molecule has 0 unspecified atom stereocenters. The molecule has 0 aliphatic heterocycles. The Hall–Kier alpha value is -2.95. The molecule has 104 valence electrons. The average Bonchev–Trinajstić information content (AvgIpc) is 2.96. The zero-order chi connectivity index (χ0) is 14.7. The van der Waals surface area contributed by atoms with Gasteiger partial charge in [0.25, 0.3) is 0 Å². The van der Waals surface area contributed by atoms with Gasteiger partial charge in [0.05, 0.1) is 0 Å². The maximum Gasteiger partial charge on any atom is 0.158 e. The van der Waals surface area contributed by atoms with Crippen molar-refractivity contribution in [1.82, 2.24) is 14.5 Å². The monoisotopic (exact) mass is 277 g/mol. The fourth-order valence-electron chi connectivity index (χ4n) is 2.27. The summed E-state index contributed by atoms with van der Waals surface area (Å²) in [4.78, 5) is 8.70. The molecule has 0 radical (unpaired) electrons. The van der Waals surface area contributed by atoms with Crippen LogP contribution in [0, 0.1) is 5.41 Å². The van der Waals surface area contributed by atoms with Gasteiger partial charge in [0.1, 0.15) is 11.5 Å². The minimum Gasteiger partial charge on any atom is -0.384 e. The van der Waals surface area contributed by atoms with Gasteiger partial charge in [-0.3, -0.25) is 10.4 Å². The molecule has 0 spiro atoms. The van der Waals surface area contributed by atoms with Crippen molar-refractivity contribution in [2.45, 2.75) is 6.54 Å². The van der Waals surface area contributed by atoms with E-state index < -0.39 is 0 Å². The first-order valence-corrected chi connectivity index (χ1v) is 6.60. The van der Waals surface area contributed by atoms with Crippen molar-refractivity contribution in [2.75, 3.05) is 0 Å². The molecule has 0 fully saturated rings. The maximum absolute atomic E-state index is 7.66. The molecular formula is C16H15N5. The summed E-state index contributed by atoms with van der Waals surface area (Å²) in [6, 6.07) is 13.4. The van der Waals surface area contributed by atoms with Gasteiger partial charge >= 0.3 is 0 Å². The third-order valence-electron chi connectivity index (χ3n) is 3.26. The Morgan fingerprint density at radius 1 is 1.05 bits per heavy atom. The number of nitrogens with one attached hydrogen (secondary N) is 1. The number of benzene rings is 1. The van der Waals surface area contributed by atoms with Crippen LogP contribution in [0.1, 0.15) is 11.1 Å². The molecule has 2 aromatic heterocycles. The Morgan fingerprint density at radius 2 is 1.86 bits per heavy atom. The van der Waals surface area contributed by atoms with Gasteiger partial charge < -0.3 is 10.3 Å². The lowest BCUT2D eigenvalue weighted by atomic mass is 10.1. The summed E-state index contributed by atoms with van der Waals surface area (Å²) in [7, 11) is 0. The SMILES string of the molecule is N=C(N)c1ccccc1Cn1ccnc1-c1ccccn1. The second-order valence-electron chi connectivity index (χ2n) is 4.66. The Labute approximate surface area is 122 Å². The number of nitrogens with two attached hydrogens (primary N) is 1. The highest BCUT2D eigenvalue weighted by atomic mass is 15.1. The summed E-state index contributed by atoms with van der Waals surface area (Å²) < 4.78 is 2.00. The van der Waals surface area contributed by atoms with Crippen molar-refractivity contribution >= 4 is 5.84 Å². The quantitative estimate of drug-likeness (QED) is 0.567. The zero-order valence-corrected chi connectivity index (χ0v) is 11.4. The van der Waals surface area contributed by atoms with Gasteiger partial charge in [0.15, 0.2) is 5.82 Å². The van der Waals surface area contributed by atoms with Crippen LogP contribution in [0.2, 0.25) is 0 Å². The molecule has 3 N–H and O–H groups in total. The number of amidine groups is 1. The summed E-state index contributed by atoms with van der Waals surface area (Å²) in [6.07, 6.45) is 5.40. The molecule has 5 nitrogen and oxygen atoms in total. The lowest BCUT2D eigenvalue weighted by Gasteiger charge is -2.11. The Morgan fingerprint density at radius 3 is 2.62 bits per heavy atom. The molecule has 0 aliphatic rings. The van der Waals surface area contributed by atoms with Gasteiger partial charge in [0, 0.05) is 30.7 Å². The van der Waals surface area contributed by atoms with Crippen LogP contribution in [0.5, 0.6) is 0 Å². The van der Waals surface area contributed by atoms with E-state index in [4.69, 9.17) is 11.1 Å². The van der Waals surface area contributed by atoms with E-state index in [1.165, 1.54) is 0 Å². The van der Waals surface area contributed by atoms with Gasteiger partial charge in [-0.1, -0.05) is 30.3 Å². The summed E-state index contributed by atoms with van der Waals surface area (Å²) in [5.41, 5.74) is 8.20. The van der Waals surface area contributed by atoms with E-state index >= 15 is 0 Å². The highest BCUT2D eigenvalue weighted by molar-refractivity contribution is 5.96. The summed E-state index contributed by atoms with van der Waals surface area (Å²) in [5.74, 6) is 0.874. The normalized spacial score (nSPS) is 10.5. The highest BCUT2D eigenvalue weighted by Gasteiger charge is 2.10. The number of nitrogens with zero attached hydrogens (tertiary/aromatic N) is 3. The largest absolute Gasteiger partial charge is 0.384 e. The van der Waals surface area contributed by atoms with Gasteiger partial charge in [-0.25, -0.2) is 4.98 Å². The zero-order valence-electron chi connectivity index (χ0n) is 11.4. The molecule has 1 aromatic carbocycles. The van der Waals surface area contributed by atoms with Gasteiger partial charge in [0.2, 0.25) is 0 Å². The first-order chi connectivity index (χ1) is 10.3. The predicted molar refractivity (Wildman–Crippen MR) is 82.0 cm³/mol. The van der Waals surface area contributed by atoms with Gasteiger partial charge in [-0.2, -0.15) is 0 Å². The minimum atomic E-state index is 0.0742. The van der Waals surface area contributed by atoms with Crippen LogP contribution in [0.4, 0.5) is 0 Å². The number of rotatable bonds is 4. The first kappa shape index (κ1) is 13.1. The van der Waals surface area contributed by atoms with E-state index in [1.807, 2.05) is 53.2 Å². The minimum absolute atomic E-state index is 0.0742. The molecule has 0 saturated carbocycles. The molecule has 3 aromatic rings. The van der Waals surface area contributed by atoms with E-state index in [0.717, 1.165) is 22.6 Å². The van der Waals surface area contributed by atoms with Crippen molar-refractivity contribution in [3.05, 3.63) is 72.2 Å². The molecule has 0 atom stereocenters. The topological polar surface area (TPSA) is 80.6 Å². The average molecular weight is 277 g/mol. The van der Waals surface area contributed by atoms with Crippen LogP contribution in [0.3, 0.4) is 0 Å². The van der Waals surface area contributed by atoms with Crippen molar-refractivity contribution in [1.29, 1.82) is 5.41 Å². The Balaban J connectivity index is 1.98. The van der Waals surface area contributed by atoms with Crippen LogP contribution in [-0.2, 0) is 6.54 Å². The summed E-state index contributed by atoms with van der Waals surface area (Å²) in [5, 5.41) is 7.66. The molecule has 3 rings (SSSR count). The number of imidazole rings is 1. The fraction of sp³-hybridized carbons (Fsp3) is 0.0625. The third-order valence-corrected chi connectivity index (χ3v) is 3.26. The van der Waals surface area contributed by atoms with E-state index in [1.54, 1.807) is 12.4 Å². The van der Waals surface area contributed by atoms with E-state index in [2.05, 4.69) is 9.97 Å². The summed E-state index contributed by atoms with van der Waals surface area (Å²) >= 11 is 0. The van der Waals surface area contributed by atoms with Crippen molar-refractivity contribution in [3.8, 4) is 11.5 Å². The molecule has 0 saturated heterocycles. The fourth-order valence-corrected chi connectivity index (χ4v) is 2.27. The Kier molecular flexibility index (Phi) is 3.47. The maximum atomic E-state index is 7.66. The summed E-state index contributed by atoms with van der Waals surface area (Å²) in [6.45, 7) is 0.599. The number of hydrogen-bond donors (Lipinski definition) is 2.